The molecule has 0 aromatic carbocycles. The molecule has 0 radical (unpaired) electrons. The number of carbonyl (C=O) groups excluding carboxylic acids is 2. The van der Waals surface area contributed by atoms with Crippen LogP contribution in [0.1, 0.15) is 50.7 Å². The summed E-state index contributed by atoms with van der Waals surface area (Å²) in [7, 11) is 0. The zero-order valence-electron chi connectivity index (χ0n) is 13.4. The van der Waals surface area contributed by atoms with Crippen molar-refractivity contribution in [3.8, 4) is 0 Å². The molecular formula is C15H21N5O3. The van der Waals surface area contributed by atoms with Gasteiger partial charge in [-0.15, -0.1) is 0 Å². The highest BCUT2D eigenvalue weighted by Gasteiger charge is 2.55. The Kier molecular flexibility index (Phi) is 3.19. The van der Waals surface area contributed by atoms with E-state index in [-0.39, 0.29) is 18.0 Å². The second-order valence-corrected chi connectivity index (χ2v) is 7.06. The van der Waals surface area contributed by atoms with Crippen LogP contribution in [0.3, 0.4) is 0 Å². The quantitative estimate of drug-likeness (QED) is 0.827. The Balaban J connectivity index is 1.44. The van der Waals surface area contributed by atoms with Gasteiger partial charge in [-0.05, 0) is 33.1 Å². The van der Waals surface area contributed by atoms with Crippen LogP contribution in [-0.2, 0) is 11.3 Å². The van der Waals surface area contributed by atoms with E-state index in [4.69, 9.17) is 4.52 Å². The molecule has 1 saturated carbocycles. The van der Waals surface area contributed by atoms with E-state index in [0.717, 1.165) is 25.3 Å². The van der Waals surface area contributed by atoms with Crippen LogP contribution in [0.4, 0.5) is 4.79 Å². The average molecular weight is 319 g/mol. The van der Waals surface area contributed by atoms with Crippen LogP contribution in [0.25, 0.3) is 0 Å². The number of amides is 3. The first-order valence-corrected chi connectivity index (χ1v) is 8.19. The highest BCUT2D eigenvalue weighted by Crippen LogP contribution is 2.39. The second-order valence-electron chi connectivity index (χ2n) is 7.06. The molecular weight excluding hydrogens is 298 g/mol. The Labute approximate surface area is 134 Å². The summed E-state index contributed by atoms with van der Waals surface area (Å²) in [6.07, 6.45) is 2.87. The van der Waals surface area contributed by atoms with E-state index in [9.17, 15) is 9.59 Å². The molecule has 2 aliphatic heterocycles. The van der Waals surface area contributed by atoms with Gasteiger partial charge in [-0.1, -0.05) is 5.16 Å². The summed E-state index contributed by atoms with van der Waals surface area (Å²) < 4.78 is 5.27. The summed E-state index contributed by atoms with van der Waals surface area (Å²) in [6.45, 7) is 5.46. The molecule has 0 unspecified atom stereocenters. The van der Waals surface area contributed by atoms with Crippen LogP contribution in [0, 0.1) is 0 Å². The fraction of sp³-hybridized carbons (Fsp3) is 0.733. The van der Waals surface area contributed by atoms with E-state index in [1.54, 1.807) is 0 Å². The highest BCUT2D eigenvalue weighted by atomic mass is 16.5. The van der Waals surface area contributed by atoms with Crippen molar-refractivity contribution in [3.05, 3.63) is 11.7 Å². The molecule has 8 heteroatoms. The lowest BCUT2D eigenvalue weighted by molar-refractivity contribution is -0.132. The molecule has 1 aromatic heterocycles. The van der Waals surface area contributed by atoms with Crippen molar-refractivity contribution in [2.45, 2.75) is 57.2 Å². The average Bonchev–Trinajstić information content (AvgIpc) is 3.02. The van der Waals surface area contributed by atoms with Gasteiger partial charge in [0.05, 0.1) is 6.54 Å². The maximum absolute atomic E-state index is 12.6. The Hall–Kier alpha value is -1.96. The minimum atomic E-state index is -0.787. The van der Waals surface area contributed by atoms with Crippen LogP contribution < -0.4 is 5.32 Å². The summed E-state index contributed by atoms with van der Waals surface area (Å²) in [5.41, 5.74) is -0.787. The molecule has 8 nitrogen and oxygen atoms in total. The summed E-state index contributed by atoms with van der Waals surface area (Å²) in [5.74, 6) is 1.70. The normalized spacial score (nSPS) is 28.4. The van der Waals surface area contributed by atoms with Gasteiger partial charge >= 0.3 is 6.03 Å². The monoisotopic (exact) mass is 319 g/mol. The molecule has 1 aromatic rings. The minimum Gasteiger partial charge on any atom is -0.339 e. The van der Waals surface area contributed by atoms with Gasteiger partial charge in [0, 0.05) is 25.0 Å². The molecule has 0 bridgehead atoms. The van der Waals surface area contributed by atoms with Gasteiger partial charge in [-0.2, -0.15) is 4.98 Å². The van der Waals surface area contributed by atoms with Gasteiger partial charge in [0.25, 0.3) is 5.91 Å². The fourth-order valence-corrected chi connectivity index (χ4v) is 3.44. The molecule has 1 aliphatic carbocycles. The van der Waals surface area contributed by atoms with Crippen LogP contribution in [0.15, 0.2) is 4.52 Å². The Bertz CT molecular complexity index is 653. The van der Waals surface area contributed by atoms with Gasteiger partial charge in [0.1, 0.15) is 5.54 Å². The number of carbonyl (C=O) groups is 2. The summed E-state index contributed by atoms with van der Waals surface area (Å²) in [4.78, 5) is 32.6. The molecule has 3 heterocycles. The minimum absolute atomic E-state index is 0.119. The number of imide groups is 1. The van der Waals surface area contributed by atoms with E-state index in [1.807, 2.05) is 13.8 Å². The molecule has 1 spiro atoms. The lowest BCUT2D eigenvalue weighted by Crippen LogP contribution is -2.49. The largest absolute Gasteiger partial charge is 0.339 e. The predicted molar refractivity (Wildman–Crippen MR) is 79.4 cm³/mol. The lowest BCUT2D eigenvalue weighted by atomic mass is 9.99. The van der Waals surface area contributed by atoms with Gasteiger partial charge in [-0.25, -0.2) is 4.79 Å². The highest BCUT2D eigenvalue weighted by molar-refractivity contribution is 6.07. The third-order valence-corrected chi connectivity index (χ3v) is 4.83. The maximum Gasteiger partial charge on any atom is 0.325 e. The molecule has 1 atom stereocenters. The molecule has 3 aliphatic rings. The van der Waals surface area contributed by atoms with Gasteiger partial charge in [0.15, 0.2) is 5.82 Å². The van der Waals surface area contributed by atoms with Gasteiger partial charge in [-0.3, -0.25) is 14.6 Å². The maximum atomic E-state index is 12.6. The number of nitrogens with zero attached hydrogens (tertiary/aromatic N) is 4. The Morgan fingerprint density at radius 2 is 2.17 bits per heavy atom. The first-order valence-electron chi connectivity index (χ1n) is 8.19. The van der Waals surface area contributed by atoms with Crippen molar-refractivity contribution in [3.63, 3.8) is 0 Å². The van der Waals surface area contributed by atoms with Crippen LogP contribution in [0.5, 0.6) is 0 Å². The molecule has 124 valence electrons. The van der Waals surface area contributed by atoms with Crippen molar-refractivity contribution in [2.75, 3.05) is 13.1 Å². The lowest BCUT2D eigenvalue weighted by Gasteiger charge is -2.22. The van der Waals surface area contributed by atoms with Crippen LogP contribution >= 0.6 is 0 Å². The van der Waals surface area contributed by atoms with Crippen molar-refractivity contribution >= 4 is 11.9 Å². The van der Waals surface area contributed by atoms with Crippen molar-refractivity contribution in [1.82, 2.24) is 25.3 Å². The van der Waals surface area contributed by atoms with Crippen molar-refractivity contribution < 1.29 is 14.1 Å². The smallest absolute Gasteiger partial charge is 0.325 e. The third-order valence-electron chi connectivity index (χ3n) is 4.83. The molecule has 23 heavy (non-hydrogen) atoms. The topological polar surface area (TPSA) is 91.6 Å². The molecule has 3 amide bonds. The summed E-state index contributed by atoms with van der Waals surface area (Å²) in [5, 5.41) is 6.91. The third kappa shape index (κ3) is 2.41. The number of nitrogens with one attached hydrogen (secondary N) is 1. The van der Waals surface area contributed by atoms with E-state index in [2.05, 4.69) is 20.4 Å². The van der Waals surface area contributed by atoms with Gasteiger partial charge < -0.3 is 9.84 Å². The Morgan fingerprint density at radius 1 is 1.39 bits per heavy atom. The van der Waals surface area contributed by atoms with Crippen molar-refractivity contribution in [2.24, 2.45) is 0 Å². The standard InChI is InChI=1S/C15H21N5O3/c1-9(2)20-13(21)15(17-14(20)22)5-6-19(8-15)7-11-16-12(23-18-11)10-3-4-10/h9-10H,3-8H2,1-2H3,(H,17,22)/t15-/m1/s1. The number of hydrogen-bond donors (Lipinski definition) is 1. The number of aromatic nitrogens is 2. The van der Waals surface area contributed by atoms with E-state index in [0.29, 0.717) is 31.3 Å². The zero-order valence-corrected chi connectivity index (χ0v) is 13.4. The summed E-state index contributed by atoms with van der Waals surface area (Å²) >= 11 is 0. The predicted octanol–water partition coefficient (Wildman–Crippen LogP) is 0.852. The van der Waals surface area contributed by atoms with Crippen LogP contribution in [-0.4, -0.2) is 56.5 Å². The van der Waals surface area contributed by atoms with Crippen molar-refractivity contribution in [1.29, 1.82) is 0 Å². The molecule has 4 rings (SSSR count). The first-order chi connectivity index (χ1) is 11.0. The second kappa shape index (κ2) is 5.02. The van der Waals surface area contributed by atoms with E-state index < -0.39 is 5.54 Å². The Morgan fingerprint density at radius 3 is 2.83 bits per heavy atom. The number of hydrogen-bond acceptors (Lipinski definition) is 6. The fourth-order valence-electron chi connectivity index (χ4n) is 3.44. The number of urea groups is 1. The first kappa shape index (κ1) is 14.6. The number of rotatable bonds is 4. The molecule has 2 saturated heterocycles. The summed E-state index contributed by atoms with van der Waals surface area (Å²) in [6, 6.07) is -0.420. The number of likely N-dealkylation sites (tertiary alicyclic amines) is 1. The zero-order chi connectivity index (χ0) is 16.2. The molecule has 1 N–H and O–H groups in total. The van der Waals surface area contributed by atoms with Crippen LogP contribution in [0.2, 0.25) is 0 Å². The SMILES string of the molecule is CC(C)N1C(=O)N[C@@]2(CCN(Cc3noc(C4CC4)n3)C2)C1=O. The van der Waals surface area contributed by atoms with Gasteiger partial charge in [0.2, 0.25) is 5.89 Å². The molecule has 3 fully saturated rings. The van der Waals surface area contributed by atoms with E-state index in [1.165, 1.54) is 4.90 Å². The van der Waals surface area contributed by atoms with E-state index >= 15 is 0 Å².